The Labute approximate surface area is 222 Å². The van der Waals surface area contributed by atoms with Crippen LogP contribution in [0, 0.1) is 0 Å². The first-order valence-corrected chi connectivity index (χ1v) is 14.3. The lowest BCUT2D eigenvalue weighted by Crippen LogP contribution is -2.38. The average molecular weight is 549 g/mol. The van der Waals surface area contributed by atoms with Gasteiger partial charge in [-0.25, -0.2) is 8.42 Å². The summed E-state index contributed by atoms with van der Waals surface area (Å²) in [5, 5.41) is 2.64. The summed E-state index contributed by atoms with van der Waals surface area (Å²) in [6.07, 6.45) is 0.400. The number of sulfone groups is 1. The molecule has 0 bridgehead atoms. The third-order valence-corrected chi connectivity index (χ3v) is 8.09. The fourth-order valence-corrected chi connectivity index (χ4v) is 6.09. The molecule has 0 fully saturated rings. The van der Waals surface area contributed by atoms with Gasteiger partial charge in [-0.3, -0.25) is 23.7 Å². The number of hydrogen-bond donors (Lipinski definition) is 1. The molecule has 206 valence electrons. The van der Waals surface area contributed by atoms with E-state index in [1.807, 2.05) is 0 Å². The van der Waals surface area contributed by atoms with Crippen LogP contribution in [-0.4, -0.2) is 62.9 Å². The molecule has 1 aliphatic heterocycles. The fourth-order valence-electron chi connectivity index (χ4n) is 4.48. The predicted molar refractivity (Wildman–Crippen MR) is 141 cm³/mol. The van der Waals surface area contributed by atoms with E-state index in [0.29, 0.717) is 35.7 Å². The van der Waals surface area contributed by atoms with E-state index < -0.39 is 46.0 Å². The molecule has 1 aliphatic rings. The smallest absolute Gasteiger partial charge is 0.264 e. The third kappa shape index (κ3) is 5.98. The number of alkyl halides is 1. The summed E-state index contributed by atoms with van der Waals surface area (Å²) in [6, 6.07) is 6.48. The van der Waals surface area contributed by atoms with E-state index in [4.69, 9.17) is 9.47 Å². The number of ether oxygens (including phenoxy) is 2. The van der Waals surface area contributed by atoms with Crippen molar-refractivity contribution in [1.82, 2.24) is 4.90 Å². The number of nitrogens with zero attached hydrogens (tertiary/aromatic N) is 1. The normalized spacial score (nSPS) is 13.9. The van der Waals surface area contributed by atoms with E-state index in [9.17, 15) is 27.2 Å². The van der Waals surface area contributed by atoms with Crippen LogP contribution in [-0.2, 0) is 21.1 Å². The Morgan fingerprint density at radius 3 is 2.42 bits per heavy atom. The van der Waals surface area contributed by atoms with E-state index in [-0.39, 0.29) is 35.4 Å². The first-order chi connectivity index (χ1) is 18.1. The molecule has 2 aromatic rings. The van der Waals surface area contributed by atoms with Crippen molar-refractivity contribution < 1.29 is 36.7 Å². The van der Waals surface area contributed by atoms with Crippen LogP contribution in [0.1, 0.15) is 71.5 Å². The summed E-state index contributed by atoms with van der Waals surface area (Å²) in [7, 11) is -2.21. The molecule has 3 amide bonds. The molecule has 0 aromatic heterocycles. The third-order valence-electron chi connectivity index (χ3n) is 6.23. The number of amides is 3. The summed E-state index contributed by atoms with van der Waals surface area (Å²) in [5.41, 5.74) is 0.758. The van der Waals surface area contributed by atoms with Crippen LogP contribution in [0.5, 0.6) is 11.5 Å². The average Bonchev–Trinajstić information content (AvgIpc) is 3.13. The second-order valence-electron chi connectivity index (χ2n) is 8.82. The summed E-state index contributed by atoms with van der Waals surface area (Å²) in [4.78, 5) is 40.7. The van der Waals surface area contributed by atoms with Crippen LogP contribution in [0.4, 0.5) is 10.1 Å². The maximum atomic E-state index is 13.9. The molecule has 38 heavy (non-hydrogen) atoms. The van der Waals surface area contributed by atoms with Gasteiger partial charge >= 0.3 is 0 Å². The molecule has 0 saturated carbocycles. The highest BCUT2D eigenvalue weighted by molar-refractivity contribution is 7.91. The minimum Gasteiger partial charge on any atom is -0.493 e. The Morgan fingerprint density at radius 1 is 1.08 bits per heavy atom. The van der Waals surface area contributed by atoms with Gasteiger partial charge in [0.1, 0.15) is 0 Å². The monoisotopic (exact) mass is 548 g/mol. The molecule has 11 heteroatoms. The summed E-state index contributed by atoms with van der Waals surface area (Å²) in [6.45, 7) is 4.71. The van der Waals surface area contributed by atoms with Crippen molar-refractivity contribution in [2.45, 2.75) is 46.1 Å². The number of hydrogen-bond acceptors (Lipinski definition) is 7. The largest absolute Gasteiger partial charge is 0.493 e. The molecule has 1 heterocycles. The first kappa shape index (κ1) is 29.1. The molecule has 1 atom stereocenters. The van der Waals surface area contributed by atoms with E-state index in [2.05, 4.69) is 5.32 Å². The number of imide groups is 1. The van der Waals surface area contributed by atoms with Crippen molar-refractivity contribution in [2.24, 2.45) is 0 Å². The second kappa shape index (κ2) is 12.4. The molecule has 0 saturated heterocycles. The van der Waals surface area contributed by atoms with Gasteiger partial charge in [-0.05, 0) is 42.7 Å². The lowest BCUT2D eigenvalue weighted by molar-refractivity contribution is -0.115. The molecule has 3 rings (SSSR count). The zero-order chi connectivity index (χ0) is 28.0. The number of carbonyl (C=O) groups excluding carboxylic acids is 3. The molecule has 0 unspecified atom stereocenters. The summed E-state index contributed by atoms with van der Waals surface area (Å²) < 4.78 is 50.2. The van der Waals surface area contributed by atoms with Crippen molar-refractivity contribution >= 4 is 33.2 Å². The molecule has 2 aromatic carbocycles. The predicted octanol–water partition coefficient (Wildman–Crippen LogP) is 4.12. The Morgan fingerprint density at radius 2 is 1.82 bits per heavy atom. The molecule has 1 N–H and O–H groups in total. The number of methoxy groups -OCH3 is 1. The lowest BCUT2D eigenvalue weighted by Gasteiger charge is -2.27. The Balaban J connectivity index is 2.19. The quantitative estimate of drug-likeness (QED) is 0.374. The Kier molecular flexibility index (Phi) is 9.48. The van der Waals surface area contributed by atoms with Crippen molar-refractivity contribution in [3.63, 3.8) is 0 Å². The second-order valence-corrected chi connectivity index (χ2v) is 11.0. The Hall–Kier alpha value is -3.47. The maximum Gasteiger partial charge on any atom is 0.264 e. The Bertz CT molecular complexity index is 1330. The van der Waals surface area contributed by atoms with Gasteiger partial charge in [0.25, 0.3) is 11.8 Å². The van der Waals surface area contributed by atoms with Crippen LogP contribution >= 0.6 is 0 Å². The van der Waals surface area contributed by atoms with E-state index in [0.717, 1.165) is 4.90 Å². The van der Waals surface area contributed by atoms with Gasteiger partial charge in [0, 0.05) is 18.6 Å². The minimum absolute atomic E-state index is 0.0143. The SMILES string of the molecule is CCCS(=O)(=O)C[C@H](c1ccc(OC)c(OCC)c1)N1C(=O)c2ccc(CCF)c(NC(=O)CC)c2C1=O. The van der Waals surface area contributed by atoms with Gasteiger partial charge in [0.15, 0.2) is 21.3 Å². The molecule has 0 aliphatic carbocycles. The van der Waals surface area contributed by atoms with Crippen molar-refractivity contribution in [3.8, 4) is 11.5 Å². The number of rotatable bonds is 13. The maximum absolute atomic E-state index is 13.9. The van der Waals surface area contributed by atoms with Crippen LogP contribution in [0.15, 0.2) is 30.3 Å². The van der Waals surface area contributed by atoms with Crippen LogP contribution < -0.4 is 14.8 Å². The number of halogens is 1. The lowest BCUT2D eigenvalue weighted by atomic mass is 10.00. The van der Waals surface area contributed by atoms with E-state index >= 15 is 0 Å². The van der Waals surface area contributed by atoms with Gasteiger partial charge in [0.05, 0.1) is 49.0 Å². The molecular weight excluding hydrogens is 515 g/mol. The zero-order valence-electron chi connectivity index (χ0n) is 22.0. The van der Waals surface area contributed by atoms with Crippen molar-refractivity contribution in [2.75, 3.05) is 37.2 Å². The van der Waals surface area contributed by atoms with Gasteiger partial charge in [0.2, 0.25) is 5.91 Å². The molecular formula is C27H33FN2O7S. The molecule has 9 nitrogen and oxygen atoms in total. The highest BCUT2D eigenvalue weighted by Gasteiger charge is 2.44. The summed E-state index contributed by atoms with van der Waals surface area (Å²) >= 11 is 0. The first-order valence-electron chi connectivity index (χ1n) is 12.5. The number of fused-ring (bicyclic) bond motifs is 1. The number of aryl methyl sites for hydroxylation is 1. The van der Waals surface area contributed by atoms with E-state index in [1.165, 1.54) is 19.2 Å². The number of benzene rings is 2. The fraction of sp³-hybridized carbons (Fsp3) is 0.444. The number of nitrogens with one attached hydrogen (secondary N) is 1. The van der Waals surface area contributed by atoms with E-state index in [1.54, 1.807) is 39.0 Å². The van der Waals surface area contributed by atoms with Crippen LogP contribution in [0.2, 0.25) is 0 Å². The topological polar surface area (TPSA) is 119 Å². The molecule has 0 spiro atoms. The van der Waals surface area contributed by atoms with Gasteiger partial charge in [-0.2, -0.15) is 0 Å². The zero-order valence-corrected chi connectivity index (χ0v) is 22.8. The highest BCUT2D eigenvalue weighted by atomic mass is 32.2. The summed E-state index contributed by atoms with van der Waals surface area (Å²) in [5.74, 6) is -1.75. The van der Waals surface area contributed by atoms with Crippen molar-refractivity contribution in [1.29, 1.82) is 0 Å². The van der Waals surface area contributed by atoms with Crippen LogP contribution in [0.3, 0.4) is 0 Å². The van der Waals surface area contributed by atoms with Gasteiger partial charge in [-0.1, -0.05) is 26.0 Å². The standard InChI is InChI=1S/C27H33FN2O7S/c1-5-14-38(34,35)16-20(18-9-11-21(36-4)22(15-18)37-7-3)30-26(32)19-10-8-17(12-13-28)25(24(19)27(30)33)29-23(31)6-2/h8-11,15,20H,5-7,12-14,16H2,1-4H3,(H,29,31)/t20-/m1/s1. The molecule has 0 radical (unpaired) electrons. The highest BCUT2D eigenvalue weighted by Crippen LogP contribution is 2.40. The van der Waals surface area contributed by atoms with Crippen molar-refractivity contribution in [3.05, 3.63) is 52.6 Å². The minimum atomic E-state index is -3.68. The number of carbonyl (C=O) groups is 3. The number of anilines is 1. The van der Waals surface area contributed by atoms with Gasteiger partial charge in [-0.15, -0.1) is 0 Å². The van der Waals surface area contributed by atoms with Gasteiger partial charge < -0.3 is 14.8 Å². The van der Waals surface area contributed by atoms with Crippen LogP contribution in [0.25, 0.3) is 0 Å².